The van der Waals surface area contributed by atoms with Gasteiger partial charge in [-0.2, -0.15) is 0 Å². The molecule has 0 aromatic carbocycles. The van der Waals surface area contributed by atoms with Crippen molar-refractivity contribution in [2.75, 3.05) is 20.1 Å². The van der Waals surface area contributed by atoms with Gasteiger partial charge in [-0.05, 0) is 45.2 Å². The molecule has 2 heteroatoms. The van der Waals surface area contributed by atoms with Gasteiger partial charge in [0.05, 0.1) is 0 Å². The molecule has 0 radical (unpaired) electrons. The number of likely N-dealkylation sites (N-methyl/N-ethyl adjacent to an activating group) is 1. The Balaban J connectivity index is 1.79. The van der Waals surface area contributed by atoms with E-state index < -0.39 is 0 Å². The highest BCUT2D eigenvalue weighted by atomic mass is 15.2. The van der Waals surface area contributed by atoms with Gasteiger partial charge in [-0.3, -0.25) is 0 Å². The Morgan fingerprint density at radius 1 is 1.00 bits per heavy atom. The standard InChI is InChI=1S/C15H30N2/c1-13-8-5-6-10-15(13)17(2)12-14-9-4-3-7-11-16-14/h13-16H,3-12H2,1-2H3. The van der Waals surface area contributed by atoms with Gasteiger partial charge in [0.15, 0.2) is 0 Å². The van der Waals surface area contributed by atoms with E-state index in [9.17, 15) is 0 Å². The third-order valence-electron chi connectivity index (χ3n) is 4.80. The first-order chi connectivity index (χ1) is 8.27. The Hall–Kier alpha value is -0.0800. The first-order valence-corrected chi connectivity index (χ1v) is 7.71. The fraction of sp³-hybridized carbons (Fsp3) is 1.00. The van der Waals surface area contributed by atoms with E-state index in [0.29, 0.717) is 0 Å². The Morgan fingerprint density at radius 3 is 2.59 bits per heavy atom. The molecule has 3 unspecified atom stereocenters. The fourth-order valence-electron chi connectivity index (χ4n) is 3.69. The second-order valence-electron chi connectivity index (χ2n) is 6.27. The van der Waals surface area contributed by atoms with E-state index in [1.54, 1.807) is 0 Å². The molecule has 1 N–H and O–H groups in total. The van der Waals surface area contributed by atoms with Crippen molar-refractivity contribution < 1.29 is 0 Å². The van der Waals surface area contributed by atoms with E-state index in [1.165, 1.54) is 64.5 Å². The molecule has 1 saturated carbocycles. The largest absolute Gasteiger partial charge is 0.313 e. The van der Waals surface area contributed by atoms with Crippen LogP contribution in [0.3, 0.4) is 0 Å². The van der Waals surface area contributed by atoms with Crippen LogP contribution < -0.4 is 5.32 Å². The summed E-state index contributed by atoms with van der Waals surface area (Å²) in [6.07, 6.45) is 11.4. The third-order valence-corrected chi connectivity index (χ3v) is 4.80. The average molecular weight is 238 g/mol. The van der Waals surface area contributed by atoms with Gasteiger partial charge in [0.2, 0.25) is 0 Å². The Bertz CT molecular complexity index is 209. The van der Waals surface area contributed by atoms with Crippen molar-refractivity contribution in [1.29, 1.82) is 0 Å². The summed E-state index contributed by atoms with van der Waals surface area (Å²) < 4.78 is 0. The molecule has 0 aromatic rings. The van der Waals surface area contributed by atoms with E-state index in [0.717, 1.165) is 18.0 Å². The molecule has 1 heterocycles. The van der Waals surface area contributed by atoms with E-state index in [2.05, 4.69) is 24.2 Å². The van der Waals surface area contributed by atoms with Crippen LogP contribution in [0.25, 0.3) is 0 Å². The molecule has 1 aliphatic heterocycles. The van der Waals surface area contributed by atoms with E-state index >= 15 is 0 Å². The molecule has 100 valence electrons. The summed E-state index contributed by atoms with van der Waals surface area (Å²) in [6, 6.07) is 1.59. The maximum absolute atomic E-state index is 3.72. The number of hydrogen-bond acceptors (Lipinski definition) is 2. The van der Waals surface area contributed by atoms with Gasteiger partial charge < -0.3 is 10.2 Å². The second kappa shape index (κ2) is 6.75. The molecule has 0 aromatic heterocycles. The molecule has 2 rings (SSSR count). The van der Waals surface area contributed by atoms with Gasteiger partial charge in [-0.15, -0.1) is 0 Å². The van der Waals surface area contributed by atoms with Gasteiger partial charge in [0, 0.05) is 18.6 Å². The third kappa shape index (κ3) is 3.96. The minimum absolute atomic E-state index is 0.747. The van der Waals surface area contributed by atoms with Crippen LogP contribution in [0.4, 0.5) is 0 Å². The molecule has 2 fully saturated rings. The van der Waals surface area contributed by atoms with Crippen molar-refractivity contribution in [1.82, 2.24) is 10.2 Å². The summed E-state index contributed by atoms with van der Waals surface area (Å²) in [4.78, 5) is 2.65. The van der Waals surface area contributed by atoms with Crippen molar-refractivity contribution in [3.63, 3.8) is 0 Å². The van der Waals surface area contributed by atoms with Gasteiger partial charge in [-0.25, -0.2) is 0 Å². The zero-order valence-electron chi connectivity index (χ0n) is 11.8. The quantitative estimate of drug-likeness (QED) is 0.813. The maximum Gasteiger partial charge on any atom is 0.0195 e. The number of hydrogen-bond donors (Lipinski definition) is 1. The smallest absolute Gasteiger partial charge is 0.0195 e. The van der Waals surface area contributed by atoms with Gasteiger partial charge >= 0.3 is 0 Å². The highest BCUT2D eigenvalue weighted by Crippen LogP contribution is 2.27. The Kier molecular flexibility index (Phi) is 5.30. The SMILES string of the molecule is CC1CCCCC1N(C)CC1CCCCCN1. The average Bonchev–Trinajstić information content (AvgIpc) is 2.58. The minimum atomic E-state index is 0.747. The van der Waals surface area contributed by atoms with Crippen LogP contribution in [0.2, 0.25) is 0 Å². The lowest BCUT2D eigenvalue weighted by Crippen LogP contribution is -2.46. The summed E-state index contributed by atoms with van der Waals surface area (Å²) in [5.41, 5.74) is 0. The first kappa shape index (κ1) is 13.4. The molecule has 1 aliphatic carbocycles. The molecular weight excluding hydrogens is 208 g/mol. The predicted molar refractivity (Wildman–Crippen MR) is 74.3 cm³/mol. The van der Waals surface area contributed by atoms with Gasteiger partial charge in [-0.1, -0.05) is 32.6 Å². The molecule has 2 aliphatic rings. The van der Waals surface area contributed by atoms with Crippen LogP contribution in [0, 0.1) is 5.92 Å². The normalized spacial score (nSPS) is 35.8. The number of nitrogens with one attached hydrogen (secondary N) is 1. The van der Waals surface area contributed by atoms with Crippen LogP contribution in [0.1, 0.15) is 58.3 Å². The summed E-state index contributed by atoms with van der Waals surface area (Å²) in [5.74, 6) is 0.902. The molecule has 0 amide bonds. The number of rotatable bonds is 3. The molecule has 0 bridgehead atoms. The lowest BCUT2D eigenvalue weighted by molar-refractivity contribution is 0.127. The topological polar surface area (TPSA) is 15.3 Å². The van der Waals surface area contributed by atoms with Crippen LogP contribution in [-0.4, -0.2) is 37.1 Å². The summed E-state index contributed by atoms with van der Waals surface area (Å²) in [6.45, 7) is 4.94. The van der Waals surface area contributed by atoms with Crippen LogP contribution in [-0.2, 0) is 0 Å². The zero-order chi connectivity index (χ0) is 12.1. The van der Waals surface area contributed by atoms with E-state index in [4.69, 9.17) is 0 Å². The zero-order valence-corrected chi connectivity index (χ0v) is 11.8. The summed E-state index contributed by atoms with van der Waals surface area (Å²) >= 11 is 0. The van der Waals surface area contributed by atoms with Crippen LogP contribution >= 0.6 is 0 Å². The highest BCUT2D eigenvalue weighted by molar-refractivity contribution is 4.82. The minimum Gasteiger partial charge on any atom is -0.313 e. The van der Waals surface area contributed by atoms with Crippen molar-refractivity contribution in [3.05, 3.63) is 0 Å². The van der Waals surface area contributed by atoms with E-state index in [1.807, 2.05) is 0 Å². The van der Waals surface area contributed by atoms with Crippen molar-refractivity contribution >= 4 is 0 Å². The summed E-state index contributed by atoms with van der Waals surface area (Å²) in [7, 11) is 2.35. The van der Waals surface area contributed by atoms with Crippen molar-refractivity contribution in [3.8, 4) is 0 Å². The van der Waals surface area contributed by atoms with Gasteiger partial charge in [0.25, 0.3) is 0 Å². The molecule has 1 saturated heterocycles. The Labute approximate surface area is 107 Å². The lowest BCUT2D eigenvalue weighted by atomic mass is 9.85. The van der Waals surface area contributed by atoms with Crippen LogP contribution in [0.5, 0.6) is 0 Å². The molecule has 0 spiro atoms. The second-order valence-corrected chi connectivity index (χ2v) is 6.27. The molecule has 17 heavy (non-hydrogen) atoms. The number of nitrogens with zero attached hydrogens (tertiary/aromatic N) is 1. The predicted octanol–water partition coefficient (Wildman–Crippen LogP) is 3.03. The molecular formula is C15H30N2. The summed E-state index contributed by atoms with van der Waals surface area (Å²) in [5, 5.41) is 3.72. The monoisotopic (exact) mass is 238 g/mol. The Morgan fingerprint density at radius 2 is 1.76 bits per heavy atom. The van der Waals surface area contributed by atoms with Crippen LogP contribution in [0.15, 0.2) is 0 Å². The van der Waals surface area contributed by atoms with Gasteiger partial charge in [0.1, 0.15) is 0 Å². The van der Waals surface area contributed by atoms with Crippen molar-refractivity contribution in [2.24, 2.45) is 5.92 Å². The molecule has 3 atom stereocenters. The highest BCUT2D eigenvalue weighted by Gasteiger charge is 2.26. The molecule has 2 nitrogen and oxygen atoms in total. The van der Waals surface area contributed by atoms with E-state index in [-0.39, 0.29) is 0 Å². The first-order valence-electron chi connectivity index (χ1n) is 7.71. The lowest BCUT2D eigenvalue weighted by Gasteiger charge is -2.38. The maximum atomic E-state index is 3.72. The van der Waals surface area contributed by atoms with Crippen molar-refractivity contribution in [2.45, 2.75) is 70.4 Å². The fourth-order valence-corrected chi connectivity index (χ4v) is 3.69.